The number of nitrogens with zero attached hydrogens (tertiary/aromatic N) is 1. The fourth-order valence-corrected chi connectivity index (χ4v) is 1.95. The van der Waals surface area contributed by atoms with E-state index in [9.17, 15) is 4.79 Å². The van der Waals surface area contributed by atoms with E-state index in [0.29, 0.717) is 9.39 Å². The summed E-state index contributed by atoms with van der Waals surface area (Å²) in [4.78, 5) is 19.0. The normalized spacial score (nSPS) is 10.6. The third-order valence-corrected chi connectivity index (χ3v) is 3.95. The number of nitrogens with one attached hydrogen (secondary N) is 1. The van der Waals surface area contributed by atoms with Crippen molar-refractivity contribution in [2.45, 2.75) is 20.8 Å². The minimum Gasteiger partial charge on any atom is -0.306 e. The Morgan fingerprint density at radius 2 is 1.94 bits per heavy atom. The Bertz CT molecular complexity index is 632. The van der Waals surface area contributed by atoms with Crippen molar-refractivity contribution in [3.05, 3.63) is 48.9 Å². The second kappa shape index (κ2) is 4.60. The van der Waals surface area contributed by atoms with Crippen LogP contribution in [0.4, 0.5) is 0 Å². The van der Waals surface area contributed by atoms with Gasteiger partial charge in [-0.1, -0.05) is 17.7 Å². The molecule has 0 bridgehead atoms. The number of hydrogen-bond acceptors (Lipinski definition) is 2. The molecule has 0 spiro atoms. The highest BCUT2D eigenvalue weighted by Gasteiger charge is 2.09. The molecule has 2 rings (SSSR count). The minimum atomic E-state index is -0.0750. The van der Waals surface area contributed by atoms with E-state index >= 15 is 0 Å². The molecule has 0 fully saturated rings. The highest BCUT2D eigenvalue weighted by molar-refractivity contribution is 14.1. The monoisotopic (exact) mass is 340 g/mol. The van der Waals surface area contributed by atoms with E-state index in [2.05, 4.69) is 16.0 Å². The Morgan fingerprint density at radius 3 is 2.59 bits per heavy atom. The maximum atomic E-state index is 11.7. The maximum absolute atomic E-state index is 11.7. The van der Waals surface area contributed by atoms with Gasteiger partial charge in [-0.2, -0.15) is 0 Å². The zero-order valence-corrected chi connectivity index (χ0v) is 12.1. The van der Waals surface area contributed by atoms with Crippen LogP contribution in [-0.2, 0) is 0 Å². The smallest absolute Gasteiger partial charge is 0.264 e. The molecule has 4 heteroatoms. The summed E-state index contributed by atoms with van der Waals surface area (Å²) in [6.07, 6.45) is 0. The molecule has 1 aromatic heterocycles. The first-order valence-electron chi connectivity index (χ1n) is 5.33. The van der Waals surface area contributed by atoms with Crippen LogP contribution in [0.3, 0.4) is 0 Å². The lowest BCUT2D eigenvalue weighted by molar-refractivity contribution is 1.05. The lowest BCUT2D eigenvalue weighted by Gasteiger charge is -2.07. The van der Waals surface area contributed by atoms with Crippen LogP contribution >= 0.6 is 22.6 Å². The molecule has 88 valence electrons. The van der Waals surface area contributed by atoms with Crippen molar-refractivity contribution in [2.75, 3.05) is 0 Å². The van der Waals surface area contributed by atoms with E-state index in [0.717, 1.165) is 22.4 Å². The molecule has 0 aliphatic heterocycles. The van der Waals surface area contributed by atoms with Gasteiger partial charge >= 0.3 is 0 Å². The second-order valence-electron chi connectivity index (χ2n) is 4.13. The van der Waals surface area contributed by atoms with Crippen molar-refractivity contribution >= 4 is 22.6 Å². The minimum absolute atomic E-state index is 0.0750. The summed E-state index contributed by atoms with van der Waals surface area (Å²) in [7, 11) is 0. The fraction of sp³-hybridized carbons (Fsp3) is 0.231. The van der Waals surface area contributed by atoms with E-state index in [-0.39, 0.29) is 5.56 Å². The van der Waals surface area contributed by atoms with Gasteiger partial charge in [-0.3, -0.25) is 4.79 Å². The molecule has 0 saturated carbocycles. The van der Waals surface area contributed by atoms with Crippen LogP contribution in [0.5, 0.6) is 0 Å². The summed E-state index contributed by atoms with van der Waals surface area (Å²) in [5.41, 5.74) is 3.95. The van der Waals surface area contributed by atoms with Gasteiger partial charge in [0, 0.05) is 5.56 Å². The summed E-state index contributed by atoms with van der Waals surface area (Å²) in [6, 6.07) is 6.13. The SMILES string of the molecule is Cc1ccc(C)c(-c2nc(C)c(I)c(=O)[nH]2)c1. The predicted octanol–water partition coefficient (Wildman–Crippen LogP) is 2.97. The number of rotatable bonds is 1. The molecule has 3 nitrogen and oxygen atoms in total. The maximum Gasteiger partial charge on any atom is 0.264 e. The molecule has 17 heavy (non-hydrogen) atoms. The van der Waals surface area contributed by atoms with Gasteiger partial charge in [-0.05, 0) is 55.0 Å². The summed E-state index contributed by atoms with van der Waals surface area (Å²) < 4.78 is 0.650. The van der Waals surface area contributed by atoms with Crippen molar-refractivity contribution in [2.24, 2.45) is 0 Å². The lowest BCUT2D eigenvalue weighted by Crippen LogP contribution is -2.14. The molecular formula is C13H13IN2O. The predicted molar refractivity (Wildman–Crippen MR) is 77.2 cm³/mol. The van der Waals surface area contributed by atoms with Crippen molar-refractivity contribution in [3.8, 4) is 11.4 Å². The topological polar surface area (TPSA) is 45.8 Å². The van der Waals surface area contributed by atoms with Crippen molar-refractivity contribution < 1.29 is 0 Å². The van der Waals surface area contributed by atoms with Crippen molar-refractivity contribution in [1.29, 1.82) is 0 Å². The zero-order valence-electron chi connectivity index (χ0n) is 9.97. The van der Waals surface area contributed by atoms with Crippen molar-refractivity contribution in [3.63, 3.8) is 0 Å². The molecule has 2 aromatic rings. The van der Waals surface area contributed by atoms with E-state index in [1.54, 1.807) is 0 Å². The van der Waals surface area contributed by atoms with Gasteiger partial charge in [0.25, 0.3) is 5.56 Å². The first-order chi connectivity index (χ1) is 7.99. The molecule has 0 atom stereocenters. The van der Waals surface area contributed by atoms with Crippen molar-refractivity contribution in [1.82, 2.24) is 9.97 Å². The highest BCUT2D eigenvalue weighted by atomic mass is 127. The highest BCUT2D eigenvalue weighted by Crippen LogP contribution is 2.21. The fourth-order valence-electron chi connectivity index (χ4n) is 1.69. The number of benzene rings is 1. The quantitative estimate of drug-likeness (QED) is 0.812. The molecule has 0 aliphatic rings. The van der Waals surface area contributed by atoms with E-state index < -0.39 is 0 Å². The number of H-pyrrole nitrogens is 1. The van der Waals surface area contributed by atoms with Crippen LogP contribution in [0.25, 0.3) is 11.4 Å². The molecule has 1 aromatic carbocycles. The Morgan fingerprint density at radius 1 is 1.24 bits per heavy atom. The largest absolute Gasteiger partial charge is 0.306 e. The van der Waals surface area contributed by atoms with Gasteiger partial charge in [0.2, 0.25) is 0 Å². The standard InChI is InChI=1S/C13H13IN2O/c1-7-4-5-8(2)10(6-7)12-15-9(3)11(14)13(17)16-12/h4-6H,1-3H3,(H,15,16,17). The van der Waals surface area contributed by atoms with Gasteiger partial charge < -0.3 is 4.98 Å². The van der Waals surface area contributed by atoms with Crippen LogP contribution in [0.1, 0.15) is 16.8 Å². The van der Waals surface area contributed by atoms with Gasteiger partial charge in [0.05, 0.1) is 9.26 Å². The second-order valence-corrected chi connectivity index (χ2v) is 5.21. The average molecular weight is 340 g/mol. The Kier molecular flexibility index (Phi) is 3.33. The Hall–Kier alpha value is -1.17. The lowest BCUT2D eigenvalue weighted by atomic mass is 10.1. The zero-order chi connectivity index (χ0) is 12.6. The van der Waals surface area contributed by atoms with E-state index in [1.165, 1.54) is 0 Å². The van der Waals surface area contributed by atoms with Crippen LogP contribution < -0.4 is 5.56 Å². The molecule has 1 N–H and O–H groups in total. The first kappa shape index (κ1) is 12.3. The number of aryl methyl sites for hydroxylation is 3. The van der Waals surface area contributed by atoms with Crippen LogP contribution in [0.2, 0.25) is 0 Å². The number of aromatic amines is 1. The summed E-state index contributed by atoms with van der Waals surface area (Å²) in [5.74, 6) is 0.647. The first-order valence-corrected chi connectivity index (χ1v) is 6.41. The molecule has 0 aliphatic carbocycles. The Balaban J connectivity index is 2.69. The van der Waals surface area contributed by atoms with Crippen LogP contribution in [0.15, 0.2) is 23.0 Å². The average Bonchev–Trinajstić information content (AvgIpc) is 2.28. The summed E-state index contributed by atoms with van der Waals surface area (Å²) in [6.45, 7) is 5.90. The third-order valence-electron chi connectivity index (χ3n) is 2.68. The van der Waals surface area contributed by atoms with Crippen LogP contribution in [0, 0.1) is 24.3 Å². The molecule has 0 amide bonds. The van der Waals surface area contributed by atoms with Gasteiger partial charge in [-0.25, -0.2) is 4.98 Å². The van der Waals surface area contributed by atoms with Crippen LogP contribution in [-0.4, -0.2) is 9.97 Å². The van der Waals surface area contributed by atoms with Gasteiger partial charge in [0.15, 0.2) is 0 Å². The molecule has 1 heterocycles. The summed E-state index contributed by atoms with van der Waals surface area (Å²) >= 11 is 2.01. The van der Waals surface area contributed by atoms with Gasteiger partial charge in [-0.15, -0.1) is 0 Å². The van der Waals surface area contributed by atoms with E-state index in [1.807, 2.05) is 55.5 Å². The molecule has 0 saturated heterocycles. The number of hydrogen-bond donors (Lipinski definition) is 1. The molecule has 0 radical (unpaired) electrons. The summed E-state index contributed by atoms with van der Waals surface area (Å²) in [5, 5.41) is 0. The third kappa shape index (κ3) is 2.41. The number of aromatic nitrogens is 2. The van der Waals surface area contributed by atoms with Gasteiger partial charge in [0.1, 0.15) is 5.82 Å². The number of halogens is 1. The molecule has 0 unspecified atom stereocenters. The Labute approximate surface area is 113 Å². The van der Waals surface area contributed by atoms with E-state index in [4.69, 9.17) is 0 Å². The molecular weight excluding hydrogens is 327 g/mol.